The number of ether oxygens (including phenoxy) is 2. The average Bonchev–Trinajstić information content (AvgIpc) is 2.58. The summed E-state index contributed by atoms with van der Waals surface area (Å²) in [7, 11) is 0. The van der Waals surface area contributed by atoms with Crippen LogP contribution in [0.25, 0.3) is 0 Å². The molecule has 6 heteroatoms. The molecule has 1 aromatic carbocycles. The lowest BCUT2D eigenvalue weighted by Gasteiger charge is -2.19. The molecule has 0 spiro atoms. The summed E-state index contributed by atoms with van der Waals surface area (Å²) in [4.78, 5) is 14.3. The zero-order valence-electron chi connectivity index (χ0n) is 14.1. The van der Waals surface area contributed by atoms with Gasteiger partial charge in [-0.15, -0.1) is 0 Å². The number of fused-ring (bicyclic) bond motifs is 1. The number of benzene rings is 1. The van der Waals surface area contributed by atoms with Crippen LogP contribution in [0.5, 0.6) is 11.5 Å². The number of hydrogen-bond donors (Lipinski definition) is 2. The highest BCUT2D eigenvalue weighted by atomic mass is 16.6. The lowest BCUT2D eigenvalue weighted by molar-refractivity contribution is -0.115. The molecule has 23 heavy (non-hydrogen) atoms. The molecule has 0 saturated heterocycles. The highest BCUT2D eigenvalue weighted by molar-refractivity contribution is 5.92. The van der Waals surface area contributed by atoms with Crippen molar-refractivity contribution in [1.29, 1.82) is 0 Å². The molecule has 1 aliphatic heterocycles. The van der Waals surface area contributed by atoms with E-state index in [1.165, 1.54) is 0 Å². The van der Waals surface area contributed by atoms with Gasteiger partial charge >= 0.3 is 0 Å². The SMILES string of the molecule is CCN(CC)CCCNCC(=O)Nc1ccc2c(c1)OCCO2. The molecule has 1 aromatic rings. The summed E-state index contributed by atoms with van der Waals surface area (Å²) in [6.07, 6.45) is 1.04. The van der Waals surface area contributed by atoms with E-state index in [-0.39, 0.29) is 5.91 Å². The summed E-state index contributed by atoms with van der Waals surface area (Å²) in [5.74, 6) is 1.36. The van der Waals surface area contributed by atoms with E-state index in [1.54, 1.807) is 6.07 Å². The maximum Gasteiger partial charge on any atom is 0.238 e. The minimum atomic E-state index is -0.0514. The van der Waals surface area contributed by atoms with Crippen LogP contribution in [0, 0.1) is 0 Å². The van der Waals surface area contributed by atoms with E-state index in [2.05, 4.69) is 29.4 Å². The molecule has 0 atom stereocenters. The normalized spacial score (nSPS) is 13.2. The predicted molar refractivity (Wildman–Crippen MR) is 91.3 cm³/mol. The van der Waals surface area contributed by atoms with E-state index < -0.39 is 0 Å². The first-order valence-electron chi connectivity index (χ1n) is 8.35. The van der Waals surface area contributed by atoms with Crippen LogP contribution in [-0.2, 0) is 4.79 Å². The van der Waals surface area contributed by atoms with Gasteiger partial charge in [0.2, 0.25) is 5.91 Å². The van der Waals surface area contributed by atoms with Crippen molar-refractivity contribution in [2.24, 2.45) is 0 Å². The Kier molecular flexibility index (Phi) is 7.16. The van der Waals surface area contributed by atoms with Crippen molar-refractivity contribution in [1.82, 2.24) is 10.2 Å². The highest BCUT2D eigenvalue weighted by Gasteiger charge is 2.12. The van der Waals surface area contributed by atoms with Crippen molar-refractivity contribution in [3.8, 4) is 11.5 Å². The van der Waals surface area contributed by atoms with Crippen LogP contribution in [0.15, 0.2) is 18.2 Å². The number of carbonyl (C=O) groups is 1. The summed E-state index contributed by atoms with van der Waals surface area (Å²) >= 11 is 0. The van der Waals surface area contributed by atoms with Gasteiger partial charge in [0.25, 0.3) is 0 Å². The Labute approximate surface area is 138 Å². The zero-order chi connectivity index (χ0) is 16.5. The lowest BCUT2D eigenvalue weighted by Crippen LogP contribution is -2.31. The van der Waals surface area contributed by atoms with E-state index in [9.17, 15) is 4.79 Å². The van der Waals surface area contributed by atoms with Crippen LogP contribution in [0.2, 0.25) is 0 Å². The minimum Gasteiger partial charge on any atom is -0.486 e. The van der Waals surface area contributed by atoms with Crippen molar-refractivity contribution in [3.05, 3.63) is 18.2 Å². The summed E-state index contributed by atoms with van der Waals surface area (Å²) in [5, 5.41) is 6.04. The molecule has 0 aliphatic carbocycles. The molecule has 0 bridgehead atoms. The van der Waals surface area contributed by atoms with E-state index >= 15 is 0 Å². The Morgan fingerprint density at radius 1 is 1.17 bits per heavy atom. The summed E-state index contributed by atoms with van der Waals surface area (Å²) in [6.45, 7) is 9.79. The Hall–Kier alpha value is -1.79. The van der Waals surface area contributed by atoms with Gasteiger partial charge < -0.3 is 25.0 Å². The molecular weight excluding hydrogens is 294 g/mol. The minimum absolute atomic E-state index is 0.0514. The fourth-order valence-corrected chi connectivity index (χ4v) is 2.50. The van der Waals surface area contributed by atoms with Gasteiger partial charge in [0.05, 0.1) is 6.54 Å². The number of amides is 1. The number of anilines is 1. The van der Waals surface area contributed by atoms with E-state index in [1.807, 2.05) is 12.1 Å². The smallest absolute Gasteiger partial charge is 0.238 e. The first-order chi connectivity index (χ1) is 11.2. The molecule has 128 valence electrons. The third-order valence-electron chi connectivity index (χ3n) is 3.83. The van der Waals surface area contributed by atoms with Gasteiger partial charge in [-0.25, -0.2) is 0 Å². The quantitative estimate of drug-likeness (QED) is 0.678. The van der Waals surface area contributed by atoms with Crippen molar-refractivity contribution < 1.29 is 14.3 Å². The van der Waals surface area contributed by atoms with Crippen LogP contribution in [0.4, 0.5) is 5.69 Å². The number of rotatable bonds is 9. The first kappa shape index (κ1) is 17.6. The molecule has 0 radical (unpaired) electrons. The Balaban J connectivity index is 1.67. The Morgan fingerprint density at radius 3 is 2.65 bits per heavy atom. The molecule has 0 fully saturated rings. The van der Waals surface area contributed by atoms with E-state index in [0.717, 1.165) is 44.0 Å². The molecule has 0 saturated carbocycles. The number of hydrogen-bond acceptors (Lipinski definition) is 5. The van der Waals surface area contributed by atoms with Crippen LogP contribution in [-0.4, -0.2) is 56.7 Å². The maximum atomic E-state index is 11.9. The number of nitrogens with zero attached hydrogens (tertiary/aromatic N) is 1. The first-order valence-corrected chi connectivity index (χ1v) is 8.35. The fraction of sp³-hybridized carbons (Fsp3) is 0.588. The van der Waals surface area contributed by atoms with Crippen LogP contribution >= 0.6 is 0 Å². The van der Waals surface area contributed by atoms with Crippen LogP contribution in [0.1, 0.15) is 20.3 Å². The van der Waals surface area contributed by atoms with E-state index in [4.69, 9.17) is 9.47 Å². The second-order valence-electron chi connectivity index (χ2n) is 5.46. The van der Waals surface area contributed by atoms with Crippen LogP contribution in [0.3, 0.4) is 0 Å². The topological polar surface area (TPSA) is 62.8 Å². The van der Waals surface area contributed by atoms with Crippen molar-refractivity contribution in [3.63, 3.8) is 0 Å². The second kappa shape index (κ2) is 9.37. The van der Waals surface area contributed by atoms with E-state index in [0.29, 0.717) is 25.5 Å². The number of carbonyl (C=O) groups excluding carboxylic acids is 1. The molecule has 1 heterocycles. The van der Waals surface area contributed by atoms with Crippen LogP contribution < -0.4 is 20.1 Å². The second-order valence-corrected chi connectivity index (χ2v) is 5.46. The van der Waals surface area contributed by atoms with Gasteiger partial charge in [-0.05, 0) is 44.7 Å². The Morgan fingerprint density at radius 2 is 1.91 bits per heavy atom. The van der Waals surface area contributed by atoms with Crippen molar-refractivity contribution in [2.75, 3.05) is 51.3 Å². The zero-order valence-corrected chi connectivity index (χ0v) is 14.1. The van der Waals surface area contributed by atoms with Gasteiger partial charge in [-0.1, -0.05) is 13.8 Å². The third kappa shape index (κ3) is 5.73. The molecule has 1 amide bonds. The Bertz CT molecular complexity index is 504. The molecule has 2 N–H and O–H groups in total. The number of nitrogens with one attached hydrogen (secondary N) is 2. The molecule has 2 rings (SSSR count). The fourth-order valence-electron chi connectivity index (χ4n) is 2.50. The van der Waals surface area contributed by atoms with Crippen molar-refractivity contribution >= 4 is 11.6 Å². The average molecular weight is 321 g/mol. The standard InChI is InChI=1S/C17H27N3O3/c1-3-20(4-2)9-5-8-18-13-17(21)19-14-6-7-15-16(12-14)23-11-10-22-15/h6-7,12,18H,3-5,8-11,13H2,1-2H3,(H,19,21). The summed E-state index contributed by atoms with van der Waals surface area (Å²) in [5.41, 5.74) is 0.726. The molecule has 0 aromatic heterocycles. The summed E-state index contributed by atoms with van der Waals surface area (Å²) < 4.78 is 11.0. The predicted octanol–water partition coefficient (Wildman–Crippen LogP) is 1.72. The third-order valence-corrected chi connectivity index (χ3v) is 3.83. The molecular formula is C17H27N3O3. The van der Waals surface area contributed by atoms with Gasteiger partial charge in [-0.2, -0.15) is 0 Å². The van der Waals surface area contributed by atoms with Gasteiger partial charge in [0, 0.05) is 11.8 Å². The maximum absolute atomic E-state index is 11.9. The van der Waals surface area contributed by atoms with Gasteiger partial charge in [0.1, 0.15) is 13.2 Å². The molecule has 6 nitrogen and oxygen atoms in total. The lowest BCUT2D eigenvalue weighted by atomic mass is 10.2. The van der Waals surface area contributed by atoms with Gasteiger partial charge in [0.15, 0.2) is 11.5 Å². The largest absolute Gasteiger partial charge is 0.486 e. The van der Waals surface area contributed by atoms with Crippen molar-refractivity contribution in [2.45, 2.75) is 20.3 Å². The monoisotopic (exact) mass is 321 g/mol. The van der Waals surface area contributed by atoms with Gasteiger partial charge in [-0.3, -0.25) is 4.79 Å². The molecule has 0 unspecified atom stereocenters. The molecule has 1 aliphatic rings. The highest BCUT2D eigenvalue weighted by Crippen LogP contribution is 2.32. The summed E-state index contributed by atoms with van der Waals surface area (Å²) in [6, 6.07) is 5.44.